The highest BCUT2D eigenvalue weighted by atomic mass is 16.5. The van der Waals surface area contributed by atoms with Crippen LogP contribution in [0.4, 0.5) is 0 Å². The molecule has 4 heteroatoms. The van der Waals surface area contributed by atoms with Crippen molar-refractivity contribution in [1.29, 1.82) is 0 Å². The lowest BCUT2D eigenvalue weighted by atomic mass is 10.3. The molecule has 1 N–H and O–H groups in total. The standard InChI is InChI=1S/C10H14N2O2/c1-3-7-14-8-5-4-6-12-9(8)10(13)11-2/h4-6H,3,7H2,1-2H3,(H,11,13). The third-order valence-electron chi connectivity index (χ3n) is 1.67. The second-order valence-corrected chi connectivity index (χ2v) is 2.78. The summed E-state index contributed by atoms with van der Waals surface area (Å²) in [4.78, 5) is 15.3. The summed E-state index contributed by atoms with van der Waals surface area (Å²) in [7, 11) is 1.57. The van der Waals surface area contributed by atoms with Crippen LogP contribution in [0.15, 0.2) is 18.3 Å². The number of carbonyl (C=O) groups excluding carboxylic acids is 1. The smallest absolute Gasteiger partial charge is 0.273 e. The Hall–Kier alpha value is -1.58. The van der Waals surface area contributed by atoms with E-state index in [-0.39, 0.29) is 5.91 Å². The molecule has 0 aromatic carbocycles. The monoisotopic (exact) mass is 194 g/mol. The molecule has 0 spiro atoms. The minimum atomic E-state index is -0.225. The molecule has 0 aliphatic heterocycles. The average molecular weight is 194 g/mol. The van der Waals surface area contributed by atoms with Gasteiger partial charge in [0.05, 0.1) is 6.61 Å². The van der Waals surface area contributed by atoms with Crippen molar-refractivity contribution in [2.45, 2.75) is 13.3 Å². The van der Waals surface area contributed by atoms with Crippen LogP contribution in [0, 0.1) is 0 Å². The molecule has 0 saturated carbocycles. The summed E-state index contributed by atoms with van der Waals surface area (Å²) < 4.78 is 5.39. The van der Waals surface area contributed by atoms with Crippen molar-refractivity contribution < 1.29 is 9.53 Å². The number of hydrogen-bond acceptors (Lipinski definition) is 3. The summed E-state index contributed by atoms with van der Waals surface area (Å²) >= 11 is 0. The van der Waals surface area contributed by atoms with Crippen molar-refractivity contribution in [2.75, 3.05) is 13.7 Å². The summed E-state index contributed by atoms with van der Waals surface area (Å²) in [6.45, 7) is 2.60. The number of nitrogens with zero attached hydrogens (tertiary/aromatic N) is 1. The van der Waals surface area contributed by atoms with Crippen LogP contribution < -0.4 is 10.1 Å². The zero-order chi connectivity index (χ0) is 10.4. The summed E-state index contributed by atoms with van der Waals surface area (Å²) in [5, 5.41) is 2.52. The third kappa shape index (κ3) is 2.45. The summed E-state index contributed by atoms with van der Waals surface area (Å²) in [5.74, 6) is 0.311. The van der Waals surface area contributed by atoms with Gasteiger partial charge in [-0.05, 0) is 18.6 Å². The number of hydrogen-bond donors (Lipinski definition) is 1. The van der Waals surface area contributed by atoms with Crippen molar-refractivity contribution >= 4 is 5.91 Å². The van der Waals surface area contributed by atoms with E-state index in [1.807, 2.05) is 6.92 Å². The van der Waals surface area contributed by atoms with E-state index in [9.17, 15) is 4.79 Å². The van der Waals surface area contributed by atoms with Gasteiger partial charge in [0.1, 0.15) is 0 Å². The minimum absolute atomic E-state index is 0.225. The van der Waals surface area contributed by atoms with Crippen molar-refractivity contribution in [3.8, 4) is 5.75 Å². The van der Waals surface area contributed by atoms with Gasteiger partial charge in [-0.25, -0.2) is 4.98 Å². The van der Waals surface area contributed by atoms with Crippen molar-refractivity contribution in [3.05, 3.63) is 24.0 Å². The summed E-state index contributed by atoms with van der Waals surface area (Å²) in [5.41, 5.74) is 0.337. The molecule has 0 atom stereocenters. The lowest BCUT2D eigenvalue weighted by molar-refractivity contribution is 0.0953. The first kappa shape index (κ1) is 10.5. The zero-order valence-corrected chi connectivity index (χ0v) is 8.41. The molecular formula is C10H14N2O2. The molecular weight excluding hydrogens is 180 g/mol. The molecule has 1 rings (SSSR count). The first-order chi connectivity index (χ1) is 6.79. The Morgan fingerprint density at radius 3 is 3.07 bits per heavy atom. The Morgan fingerprint density at radius 2 is 2.43 bits per heavy atom. The fourth-order valence-corrected chi connectivity index (χ4v) is 1.01. The Bertz CT molecular complexity index is 313. The number of rotatable bonds is 4. The molecule has 0 aliphatic rings. The second kappa shape index (κ2) is 5.21. The minimum Gasteiger partial charge on any atom is -0.491 e. The van der Waals surface area contributed by atoms with E-state index in [1.54, 1.807) is 25.4 Å². The first-order valence-corrected chi connectivity index (χ1v) is 4.59. The number of carbonyl (C=O) groups is 1. The van der Waals surface area contributed by atoms with Crippen LogP contribution in [-0.4, -0.2) is 24.5 Å². The number of pyridine rings is 1. The Kier molecular flexibility index (Phi) is 3.91. The third-order valence-corrected chi connectivity index (χ3v) is 1.67. The molecule has 1 heterocycles. The molecule has 0 saturated heterocycles. The van der Waals surface area contributed by atoms with Gasteiger partial charge in [-0.1, -0.05) is 6.92 Å². The lowest BCUT2D eigenvalue weighted by Crippen LogP contribution is -2.20. The lowest BCUT2D eigenvalue weighted by Gasteiger charge is -2.07. The van der Waals surface area contributed by atoms with E-state index < -0.39 is 0 Å². The highest BCUT2D eigenvalue weighted by Gasteiger charge is 2.11. The average Bonchev–Trinajstić information content (AvgIpc) is 2.25. The number of aromatic nitrogens is 1. The summed E-state index contributed by atoms with van der Waals surface area (Å²) in [6, 6.07) is 3.49. The molecule has 4 nitrogen and oxygen atoms in total. The van der Waals surface area contributed by atoms with Crippen molar-refractivity contribution in [3.63, 3.8) is 0 Å². The van der Waals surface area contributed by atoms with Gasteiger partial charge in [-0.3, -0.25) is 4.79 Å². The fourth-order valence-electron chi connectivity index (χ4n) is 1.01. The molecule has 0 fully saturated rings. The van der Waals surface area contributed by atoms with Gasteiger partial charge in [0, 0.05) is 13.2 Å². The maximum Gasteiger partial charge on any atom is 0.273 e. The van der Waals surface area contributed by atoms with Gasteiger partial charge >= 0.3 is 0 Å². The van der Waals surface area contributed by atoms with Gasteiger partial charge in [-0.2, -0.15) is 0 Å². The summed E-state index contributed by atoms with van der Waals surface area (Å²) in [6.07, 6.45) is 2.48. The Morgan fingerprint density at radius 1 is 1.64 bits per heavy atom. The predicted octanol–water partition coefficient (Wildman–Crippen LogP) is 1.23. The van der Waals surface area contributed by atoms with Gasteiger partial charge < -0.3 is 10.1 Å². The topological polar surface area (TPSA) is 51.2 Å². The zero-order valence-electron chi connectivity index (χ0n) is 8.41. The molecule has 0 unspecified atom stereocenters. The quantitative estimate of drug-likeness (QED) is 0.784. The maximum atomic E-state index is 11.3. The molecule has 1 aromatic rings. The Labute approximate surface area is 83.3 Å². The molecule has 14 heavy (non-hydrogen) atoms. The van der Waals surface area contributed by atoms with Crippen LogP contribution in [0.25, 0.3) is 0 Å². The van der Waals surface area contributed by atoms with E-state index in [0.717, 1.165) is 6.42 Å². The normalized spacial score (nSPS) is 9.57. The molecule has 76 valence electrons. The van der Waals surface area contributed by atoms with Gasteiger partial charge in [-0.15, -0.1) is 0 Å². The number of amides is 1. The van der Waals surface area contributed by atoms with Crippen LogP contribution in [0.3, 0.4) is 0 Å². The predicted molar refractivity (Wildman–Crippen MR) is 53.4 cm³/mol. The first-order valence-electron chi connectivity index (χ1n) is 4.59. The molecule has 0 aliphatic carbocycles. The van der Waals surface area contributed by atoms with Gasteiger partial charge in [0.2, 0.25) is 0 Å². The Balaban J connectivity index is 2.85. The van der Waals surface area contributed by atoms with E-state index in [1.165, 1.54) is 0 Å². The van der Waals surface area contributed by atoms with Crippen LogP contribution in [-0.2, 0) is 0 Å². The van der Waals surface area contributed by atoms with Crippen LogP contribution in [0.5, 0.6) is 5.75 Å². The molecule has 1 amide bonds. The van der Waals surface area contributed by atoms with Gasteiger partial charge in [0.25, 0.3) is 5.91 Å². The highest BCUT2D eigenvalue weighted by Crippen LogP contribution is 2.14. The molecule has 0 bridgehead atoms. The number of nitrogens with one attached hydrogen (secondary N) is 1. The second-order valence-electron chi connectivity index (χ2n) is 2.78. The van der Waals surface area contributed by atoms with Crippen molar-refractivity contribution in [1.82, 2.24) is 10.3 Å². The van der Waals surface area contributed by atoms with E-state index in [0.29, 0.717) is 18.1 Å². The van der Waals surface area contributed by atoms with Crippen LogP contribution >= 0.6 is 0 Å². The molecule has 1 aromatic heterocycles. The SMILES string of the molecule is CCCOc1cccnc1C(=O)NC. The van der Waals surface area contributed by atoms with Crippen molar-refractivity contribution in [2.24, 2.45) is 0 Å². The highest BCUT2D eigenvalue weighted by molar-refractivity contribution is 5.94. The molecule has 0 radical (unpaired) electrons. The van der Waals surface area contributed by atoms with Crippen LogP contribution in [0.1, 0.15) is 23.8 Å². The van der Waals surface area contributed by atoms with E-state index >= 15 is 0 Å². The maximum absolute atomic E-state index is 11.3. The number of ether oxygens (including phenoxy) is 1. The fraction of sp³-hybridized carbons (Fsp3) is 0.400. The van der Waals surface area contributed by atoms with Crippen LogP contribution in [0.2, 0.25) is 0 Å². The largest absolute Gasteiger partial charge is 0.491 e. The van der Waals surface area contributed by atoms with Gasteiger partial charge in [0.15, 0.2) is 11.4 Å². The van der Waals surface area contributed by atoms with E-state index in [2.05, 4.69) is 10.3 Å². The van der Waals surface area contributed by atoms with E-state index in [4.69, 9.17) is 4.74 Å².